The van der Waals surface area contributed by atoms with Crippen LogP contribution in [0.4, 0.5) is 0 Å². The molecule has 9 heteroatoms. The van der Waals surface area contributed by atoms with E-state index in [0.717, 1.165) is 12.0 Å². The molecule has 0 fully saturated rings. The highest BCUT2D eigenvalue weighted by atomic mass is 32.2. The number of sulfonamides is 1. The number of carbonyl (C=O) groups is 2. The van der Waals surface area contributed by atoms with Crippen molar-refractivity contribution < 1.29 is 22.7 Å². The zero-order valence-electron chi connectivity index (χ0n) is 21.9. The molecule has 0 aliphatic heterocycles. The summed E-state index contributed by atoms with van der Waals surface area (Å²) >= 11 is 0. The van der Waals surface area contributed by atoms with Crippen LogP contribution in [0.2, 0.25) is 0 Å². The second-order valence-electron chi connectivity index (χ2n) is 8.86. The number of benzene rings is 2. The minimum absolute atomic E-state index is 0.00263. The van der Waals surface area contributed by atoms with Gasteiger partial charge in [0.2, 0.25) is 21.8 Å². The van der Waals surface area contributed by atoms with Gasteiger partial charge in [-0.05, 0) is 56.0 Å². The summed E-state index contributed by atoms with van der Waals surface area (Å²) in [6.07, 6.45) is 1.69. The van der Waals surface area contributed by atoms with Gasteiger partial charge in [0.05, 0.1) is 12.0 Å². The topological polar surface area (TPSA) is 96.0 Å². The summed E-state index contributed by atoms with van der Waals surface area (Å²) in [5, 5.41) is 2.99. The molecule has 0 heterocycles. The number of ether oxygens (including phenoxy) is 1. The summed E-state index contributed by atoms with van der Waals surface area (Å²) in [5.41, 5.74) is 0.848. The molecular formula is C27H39N3O5S. The standard InChI is InChI=1S/C27H39N3O5S/c1-6-21(3)28-27(32)25(7-2)30(20-22-13-11-14-23(19-22)35-5)26(31)17-12-18-29(4)36(33,34)24-15-9-8-10-16-24/h8-11,13-16,19,21,25H,6-7,12,17-18,20H2,1-5H3,(H,28,32)/t21-,25-/m0/s1. The van der Waals surface area contributed by atoms with Crippen LogP contribution in [0, 0.1) is 0 Å². The molecule has 2 rings (SSSR count). The number of nitrogens with one attached hydrogen (secondary N) is 1. The largest absolute Gasteiger partial charge is 0.497 e. The summed E-state index contributed by atoms with van der Waals surface area (Å²) in [4.78, 5) is 28.3. The van der Waals surface area contributed by atoms with Gasteiger partial charge in [-0.2, -0.15) is 0 Å². The molecule has 2 amide bonds. The molecule has 36 heavy (non-hydrogen) atoms. The highest BCUT2D eigenvalue weighted by molar-refractivity contribution is 7.89. The van der Waals surface area contributed by atoms with Crippen molar-refractivity contribution >= 4 is 21.8 Å². The zero-order chi connectivity index (χ0) is 26.7. The lowest BCUT2D eigenvalue weighted by molar-refractivity contribution is -0.141. The number of nitrogens with zero attached hydrogens (tertiary/aromatic N) is 2. The third-order valence-corrected chi connectivity index (χ3v) is 8.06. The molecule has 0 bridgehead atoms. The van der Waals surface area contributed by atoms with E-state index < -0.39 is 16.1 Å². The van der Waals surface area contributed by atoms with Crippen molar-refractivity contribution in [1.29, 1.82) is 0 Å². The Balaban J connectivity index is 2.16. The summed E-state index contributed by atoms with van der Waals surface area (Å²) in [6.45, 7) is 6.24. The molecule has 0 unspecified atom stereocenters. The van der Waals surface area contributed by atoms with E-state index in [-0.39, 0.29) is 42.3 Å². The lowest BCUT2D eigenvalue weighted by atomic mass is 10.1. The van der Waals surface area contributed by atoms with E-state index in [2.05, 4.69) is 5.32 Å². The van der Waals surface area contributed by atoms with Gasteiger partial charge in [0.15, 0.2) is 0 Å². The van der Waals surface area contributed by atoms with E-state index in [4.69, 9.17) is 4.74 Å². The average molecular weight is 518 g/mol. The number of hydrogen-bond acceptors (Lipinski definition) is 5. The molecule has 0 aromatic heterocycles. The minimum Gasteiger partial charge on any atom is -0.497 e. The highest BCUT2D eigenvalue weighted by Gasteiger charge is 2.29. The van der Waals surface area contributed by atoms with E-state index in [0.29, 0.717) is 18.6 Å². The van der Waals surface area contributed by atoms with E-state index >= 15 is 0 Å². The van der Waals surface area contributed by atoms with Crippen LogP contribution >= 0.6 is 0 Å². The van der Waals surface area contributed by atoms with E-state index in [9.17, 15) is 18.0 Å². The van der Waals surface area contributed by atoms with Crippen LogP contribution in [0.25, 0.3) is 0 Å². The minimum atomic E-state index is -3.63. The molecule has 0 saturated carbocycles. The van der Waals surface area contributed by atoms with Gasteiger partial charge >= 0.3 is 0 Å². The smallest absolute Gasteiger partial charge is 0.243 e. The Morgan fingerprint density at radius 1 is 1.03 bits per heavy atom. The Labute approximate surface area is 215 Å². The first kappa shape index (κ1) is 29.3. The predicted octanol–water partition coefficient (Wildman–Crippen LogP) is 3.82. The van der Waals surface area contributed by atoms with Crippen LogP contribution in [0.1, 0.15) is 52.0 Å². The Hall–Kier alpha value is -2.91. The van der Waals surface area contributed by atoms with Gasteiger partial charge in [-0.15, -0.1) is 0 Å². The van der Waals surface area contributed by atoms with Crippen molar-refractivity contribution in [2.24, 2.45) is 0 Å². The molecule has 0 radical (unpaired) electrons. The number of carbonyl (C=O) groups excluding carboxylic acids is 2. The van der Waals surface area contributed by atoms with E-state index in [1.54, 1.807) is 42.3 Å². The zero-order valence-corrected chi connectivity index (χ0v) is 22.8. The van der Waals surface area contributed by atoms with Crippen LogP contribution < -0.4 is 10.1 Å². The van der Waals surface area contributed by atoms with Crippen molar-refractivity contribution in [2.75, 3.05) is 20.7 Å². The van der Waals surface area contributed by atoms with Gasteiger partial charge in [-0.1, -0.05) is 44.2 Å². The van der Waals surface area contributed by atoms with Crippen molar-refractivity contribution in [3.8, 4) is 5.75 Å². The van der Waals surface area contributed by atoms with E-state index in [1.165, 1.54) is 11.4 Å². The molecule has 0 aliphatic carbocycles. The fourth-order valence-electron chi connectivity index (χ4n) is 3.82. The highest BCUT2D eigenvalue weighted by Crippen LogP contribution is 2.19. The average Bonchev–Trinajstić information content (AvgIpc) is 2.88. The third kappa shape index (κ3) is 8.06. The molecule has 0 aliphatic rings. The lowest BCUT2D eigenvalue weighted by Gasteiger charge is -2.31. The molecule has 0 saturated heterocycles. The maximum atomic E-state index is 13.4. The molecule has 198 valence electrons. The number of methoxy groups -OCH3 is 1. The van der Waals surface area contributed by atoms with Crippen LogP contribution in [0.3, 0.4) is 0 Å². The van der Waals surface area contributed by atoms with Gasteiger partial charge < -0.3 is 15.0 Å². The molecule has 2 aromatic rings. The maximum absolute atomic E-state index is 13.4. The molecule has 2 atom stereocenters. The number of rotatable bonds is 14. The molecule has 0 spiro atoms. The Morgan fingerprint density at radius 3 is 2.33 bits per heavy atom. The maximum Gasteiger partial charge on any atom is 0.243 e. The van der Waals surface area contributed by atoms with Crippen LogP contribution in [0.15, 0.2) is 59.5 Å². The first-order chi connectivity index (χ1) is 17.1. The third-order valence-electron chi connectivity index (χ3n) is 6.19. The van der Waals surface area contributed by atoms with Crippen LogP contribution in [-0.4, -0.2) is 62.2 Å². The van der Waals surface area contributed by atoms with Gasteiger partial charge in [-0.25, -0.2) is 12.7 Å². The Kier molecular flexibility index (Phi) is 11.4. The number of amides is 2. The van der Waals surface area contributed by atoms with Gasteiger partial charge in [0.1, 0.15) is 11.8 Å². The second kappa shape index (κ2) is 14.0. The predicted molar refractivity (Wildman–Crippen MR) is 141 cm³/mol. The normalized spacial score (nSPS) is 13.2. The quantitative estimate of drug-likeness (QED) is 0.411. The fourth-order valence-corrected chi connectivity index (χ4v) is 5.05. The Bertz CT molecular complexity index is 1090. The SMILES string of the molecule is CC[C@H](C)NC(=O)[C@H](CC)N(Cc1cccc(OC)c1)C(=O)CCCN(C)S(=O)(=O)c1ccccc1. The molecule has 1 N–H and O–H groups in total. The van der Waals surface area contributed by atoms with Crippen molar-refractivity contribution in [3.05, 3.63) is 60.2 Å². The summed E-state index contributed by atoms with van der Waals surface area (Å²) < 4.78 is 32.1. The van der Waals surface area contributed by atoms with Crippen molar-refractivity contribution in [1.82, 2.24) is 14.5 Å². The molecule has 2 aromatic carbocycles. The Morgan fingerprint density at radius 2 is 1.72 bits per heavy atom. The first-order valence-corrected chi connectivity index (χ1v) is 13.8. The van der Waals surface area contributed by atoms with Crippen molar-refractivity contribution in [3.63, 3.8) is 0 Å². The molecular weight excluding hydrogens is 478 g/mol. The van der Waals surface area contributed by atoms with Gasteiger partial charge in [0, 0.05) is 32.6 Å². The lowest BCUT2D eigenvalue weighted by Crippen LogP contribution is -2.50. The van der Waals surface area contributed by atoms with E-state index in [1.807, 2.05) is 45.0 Å². The van der Waals surface area contributed by atoms with Crippen molar-refractivity contribution in [2.45, 2.75) is 70.0 Å². The first-order valence-electron chi connectivity index (χ1n) is 12.4. The number of hydrogen-bond donors (Lipinski definition) is 1. The fraction of sp³-hybridized carbons (Fsp3) is 0.481. The monoisotopic (exact) mass is 517 g/mol. The second-order valence-corrected chi connectivity index (χ2v) is 10.9. The summed E-state index contributed by atoms with van der Waals surface area (Å²) in [5.74, 6) is 0.283. The van der Waals surface area contributed by atoms with Crippen LogP contribution in [-0.2, 0) is 26.2 Å². The van der Waals surface area contributed by atoms with Gasteiger partial charge in [-0.3, -0.25) is 9.59 Å². The summed E-state index contributed by atoms with van der Waals surface area (Å²) in [6, 6.07) is 15.0. The summed E-state index contributed by atoms with van der Waals surface area (Å²) in [7, 11) is -0.545. The van der Waals surface area contributed by atoms with Crippen LogP contribution in [0.5, 0.6) is 5.75 Å². The molecule has 8 nitrogen and oxygen atoms in total. The van der Waals surface area contributed by atoms with Gasteiger partial charge in [0.25, 0.3) is 0 Å².